The number of unbranched alkanes of at least 4 members (excludes halogenated alkanes) is 13. The van der Waals surface area contributed by atoms with Crippen molar-refractivity contribution in [3.63, 3.8) is 0 Å². The fraction of sp³-hybridized carbons (Fsp3) is 0.833. The largest absolute Gasteiger partial charge is 0.472 e. The summed E-state index contributed by atoms with van der Waals surface area (Å²) in [5.41, 5.74) is 5.31. The Hall–Kier alpha value is -1.06. The van der Waals surface area contributed by atoms with Gasteiger partial charge in [-0.25, -0.2) is 4.57 Å². The molecule has 0 aromatic carbocycles. The molecular weight excluding hydrogens is 531 g/mol. The van der Waals surface area contributed by atoms with Crippen molar-refractivity contribution in [2.45, 2.75) is 141 Å². The minimum absolute atomic E-state index is 0.0450. The molecule has 1 amide bonds. The number of phosphoric ester groups is 1. The smallest absolute Gasteiger partial charge is 0.392 e. The number of amides is 1. The van der Waals surface area contributed by atoms with Crippen LogP contribution < -0.4 is 11.1 Å². The maximum absolute atomic E-state index is 12.6. The quantitative estimate of drug-likeness (QED) is 0.0418. The van der Waals surface area contributed by atoms with Gasteiger partial charge in [-0.05, 0) is 32.1 Å². The number of allylic oxidation sites excluding steroid dienone is 2. The summed E-state index contributed by atoms with van der Waals surface area (Å²) >= 11 is 0. The molecule has 0 saturated heterocycles. The molecule has 236 valence electrons. The van der Waals surface area contributed by atoms with E-state index >= 15 is 0 Å². The summed E-state index contributed by atoms with van der Waals surface area (Å²) in [6.07, 6.45) is 23.0. The van der Waals surface area contributed by atoms with Crippen LogP contribution in [0.25, 0.3) is 0 Å². The summed E-state index contributed by atoms with van der Waals surface area (Å²) < 4.78 is 21.8. The van der Waals surface area contributed by atoms with Crippen molar-refractivity contribution in [2.75, 3.05) is 19.8 Å². The predicted octanol–water partition coefficient (Wildman–Crippen LogP) is 6.07. The van der Waals surface area contributed by atoms with Crippen LogP contribution in [0.4, 0.5) is 0 Å². The molecule has 9 nitrogen and oxygen atoms in total. The number of hydrogen-bond donors (Lipinski definition) is 5. The molecule has 0 aliphatic carbocycles. The van der Waals surface area contributed by atoms with E-state index in [4.69, 9.17) is 14.8 Å². The van der Waals surface area contributed by atoms with Gasteiger partial charge in [0.05, 0.1) is 37.9 Å². The van der Waals surface area contributed by atoms with Crippen LogP contribution in [0, 0.1) is 0 Å². The monoisotopic (exact) mass is 590 g/mol. The first-order chi connectivity index (χ1) is 19.3. The van der Waals surface area contributed by atoms with Gasteiger partial charge in [-0.3, -0.25) is 13.8 Å². The van der Waals surface area contributed by atoms with Crippen molar-refractivity contribution < 1.29 is 33.5 Å². The number of aliphatic hydroxyl groups excluding tert-OH is 2. The van der Waals surface area contributed by atoms with E-state index in [9.17, 15) is 24.5 Å². The Balaban J connectivity index is 4.67. The lowest BCUT2D eigenvalue weighted by Crippen LogP contribution is -2.46. The summed E-state index contributed by atoms with van der Waals surface area (Å²) in [5, 5.41) is 23.6. The lowest BCUT2D eigenvalue weighted by molar-refractivity contribution is -0.124. The minimum Gasteiger partial charge on any atom is -0.392 e. The normalized spacial score (nSPS) is 15.8. The van der Waals surface area contributed by atoms with Crippen LogP contribution in [-0.4, -0.2) is 59.0 Å². The van der Waals surface area contributed by atoms with E-state index in [1.807, 2.05) is 18.2 Å². The van der Waals surface area contributed by atoms with Crippen LogP contribution >= 0.6 is 7.82 Å². The van der Waals surface area contributed by atoms with Gasteiger partial charge in [-0.2, -0.15) is 0 Å². The molecule has 0 aromatic rings. The highest BCUT2D eigenvalue weighted by Gasteiger charge is 2.27. The van der Waals surface area contributed by atoms with E-state index in [2.05, 4.69) is 19.2 Å². The summed E-state index contributed by atoms with van der Waals surface area (Å²) in [5.74, 6) is -0.487. The highest BCUT2D eigenvalue weighted by molar-refractivity contribution is 7.47. The van der Waals surface area contributed by atoms with Gasteiger partial charge >= 0.3 is 7.82 Å². The third-order valence-corrected chi connectivity index (χ3v) is 7.56. The van der Waals surface area contributed by atoms with Crippen LogP contribution in [0.2, 0.25) is 0 Å². The van der Waals surface area contributed by atoms with Crippen LogP contribution in [-0.2, 0) is 18.4 Å². The van der Waals surface area contributed by atoms with Crippen LogP contribution in [0.1, 0.15) is 123 Å². The Bertz CT molecular complexity index is 706. The van der Waals surface area contributed by atoms with Gasteiger partial charge in [0, 0.05) is 6.54 Å². The first-order valence-corrected chi connectivity index (χ1v) is 17.0. The lowest BCUT2D eigenvalue weighted by Gasteiger charge is -2.23. The van der Waals surface area contributed by atoms with E-state index in [1.54, 1.807) is 6.08 Å². The molecule has 0 saturated carbocycles. The molecule has 0 bridgehead atoms. The zero-order chi connectivity index (χ0) is 29.9. The molecule has 0 aromatic heterocycles. The zero-order valence-electron chi connectivity index (χ0n) is 25.2. The summed E-state index contributed by atoms with van der Waals surface area (Å²) in [6.45, 7) is 3.83. The molecule has 10 heteroatoms. The van der Waals surface area contributed by atoms with E-state index in [0.29, 0.717) is 6.42 Å². The number of rotatable bonds is 28. The average molecular weight is 591 g/mol. The third-order valence-electron chi connectivity index (χ3n) is 6.58. The molecule has 0 fully saturated rings. The van der Waals surface area contributed by atoms with Crippen LogP contribution in [0.5, 0.6) is 0 Å². The fourth-order valence-electron chi connectivity index (χ4n) is 4.17. The number of hydrogen-bond acceptors (Lipinski definition) is 7. The number of nitrogens with one attached hydrogen (secondary N) is 1. The van der Waals surface area contributed by atoms with Gasteiger partial charge in [0.15, 0.2) is 0 Å². The topological polar surface area (TPSA) is 151 Å². The summed E-state index contributed by atoms with van der Waals surface area (Å²) in [4.78, 5) is 22.4. The zero-order valence-corrected chi connectivity index (χ0v) is 26.1. The van der Waals surface area contributed by atoms with Gasteiger partial charge in [0.25, 0.3) is 0 Å². The van der Waals surface area contributed by atoms with Crippen molar-refractivity contribution in [3.8, 4) is 0 Å². The van der Waals surface area contributed by atoms with E-state index in [-0.39, 0.29) is 19.6 Å². The average Bonchev–Trinajstić information content (AvgIpc) is 2.92. The molecule has 4 atom stereocenters. The highest BCUT2D eigenvalue weighted by atomic mass is 31.2. The highest BCUT2D eigenvalue weighted by Crippen LogP contribution is 2.43. The van der Waals surface area contributed by atoms with Gasteiger partial charge in [-0.15, -0.1) is 0 Å². The fourth-order valence-corrected chi connectivity index (χ4v) is 4.93. The van der Waals surface area contributed by atoms with Gasteiger partial charge < -0.3 is 26.2 Å². The first kappa shape index (κ1) is 38.9. The molecule has 0 aliphatic heterocycles. The van der Waals surface area contributed by atoms with Crippen molar-refractivity contribution in [3.05, 3.63) is 24.3 Å². The van der Waals surface area contributed by atoms with Crippen molar-refractivity contribution >= 4 is 13.7 Å². The second-order valence-electron chi connectivity index (χ2n) is 10.5. The van der Waals surface area contributed by atoms with Gasteiger partial charge in [-0.1, -0.05) is 109 Å². The van der Waals surface area contributed by atoms with E-state index < -0.39 is 38.6 Å². The number of phosphoric acid groups is 1. The number of nitrogens with two attached hydrogens (primary N) is 1. The first-order valence-electron chi connectivity index (χ1n) is 15.5. The Morgan fingerprint density at radius 3 is 2.00 bits per heavy atom. The number of carbonyl (C=O) groups is 1. The van der Waals surface area contributed by atoms with Crippen LogP contribution in [0.3, 0.4) is 0 Å². The Morgan fingerprint density at radius 2 is 1.40 bits per heavy atom. The van der Waals surface area contributed by atoms with Gasteiger partial charge in [0.1, 0.15) is 0 Å². The van der Waals surface area contributed by atoms with E-state index in [0.717, 1.165) is 32.1 Å². The second kappa shape index (κ2) is 26.8. The standard InChI is InChI=1S/C30H59N2O7P/c1-3-5-7-9-11-12-13-14-16-18-20-22-29(34)28(26-39-40(36,37)38-24-23-31)32-30(35)25-27(33)21-19-17-15-10-8-6-4-2/h17,19-20,22,27-29,33-34H,3-16,18,21,23-26,31H2,1-2H3,(H,32,35)(H,36,37)/b19-17-,22-20+. The predicted molar refractivity (Wildman–Crippen MR) is 163 cm³/mol. The summed E-state index contributed by atoms with van der Waals surface area (Å²) in [7, 11) is -4.38. The lowest BCUT2D eigenvalue weighted by atomic mass is 10.1. The maximum atomic E-state index is 12.6. The molecule has 0 rings (SSSR count). The van der Waals surface area contributed by atoms with Gasteiger partial charge in [0.2, 0.25) is 5.91 Å². The molecule has 6 N–H and O–H groups in total. The SMILES string of the molecule is CCCCCC/C=C\CC(O)CC(=O)NC(COP(=O)(O)OCCN)C(O)/C=C/CCCCCCCCCCC. The number of aliphatic hydroxyl groups is 2. The maximum Gasteiger partial charge on any atom is 0.472 e. The van der Waals surface area contributed by atoms with Crippen molar-refractivity contribution in [1.82, 2.24) is 5.32 Å². The Labute approximate surface area is 243 Å². The second-order valence-corrected chi connectivity index (χ2v) is 12.0. The molecule has 0 radical (unpaired) electrons. The molecular formula is C30H59N2O7P. The van der Waals surface area contributed by atoms with Crippen LogP contribution in [0.15, 0.2) is 24.3 Å². The third kappa shape index (κ3) is 24.7. The van der Waals surface area contributed by atoms with E-state index in [1.165, 1.54) is 64.2 Å². The van der Waals surface area contributed by atoms with Crippen molar-refractivity contribution in [1.29, 1.82) is 0 Å². The number of carbonyl (C=O) groups excluding carboxylic acids is 1. The Kier molecular flexibility index (Phi) is 26.1. The molecule has 0 heterocycles. The molecule has 40 heavy (non-hydrogen) atoms. The minimum atomic E-state index is -4.38. The Morgan fingerprint density at radius 1 is 0.850 bits per heavy atom. The molecule has 4 unspecified atom stereocenters. The van der Waals surface area contributed by atoms with Crippen molar-refractivity contribution in [2.24, 2.45) is 5.73 Å². The molecule has 0 aliphatic rings. The molecule has 0 spiro atoms. The summed E-state index contributed by atoms with van der Waals surface area (Å²) in [6, 6.07) is -0.991.